The molecule has 0 saturated carbocycles. The van der Waals surface area contributed by atoms with Crippen LogP contribution in [0.4, 0.5) is 0 Å². The molecule has 0 atom stereocenters. The Morgan fingerprint density at radius 1 is 0.526 bits per heavy atom. The molecule has 0 spiro atoms. The van der Waals surface area contributed by atoms with Crippen molar-refractivity contribution in [3.8, 4) is 28.2 Å². The lowest BCUT2D eigenvalue weighted by Gasteiger charge is -2.13. The minimum atomic E-state index is 0.948. The summed E-state index contributed by atoms with van der Waals surface area (Å²) in [5.41, 5.74) is 8.42. The lowest BCUT2D eigenvalue weighted by Crippen LogP contribution is -1.98. The molecule has 0 aliphatic carbocycles. The molecule has 0 radical (unpaired) electrons. The fourth-order valence-electron chi connectivity index (χ4n) is 5.49. The van der Waals surface area contributed by atoms with E-state index in [0.717, 1.165) is 50.1 Å². The summed E-state index contributed by atoms with van der Waals surface area (Å²) in [7, 11) is 0. The molecule has 38 heavy (non-hydrogen) atoms. The molecule has 0 N–H and O–H groups in total. The molecule has 0 amide bonds. The van der Waals surface area contributed by atoms with Gasteiger partial charge in [0.2, 0.25) is 0 Å². The van der Waals surface area contributed by atoms with Crippen LogP contribution in [0.2, 0.25) is 0 Å². The first kappa shape index (κ1) is 21.3. The van der Waals surface area contributed by atoms with Crippen LogP contribution in [0, 0.1) is 0 Å². The van der Waals surface area contributed by atoms with Crippen LogP contribution in [0.25, 0.3) is 70.3 Å². The first-order valence-electron chi connectivity index (χ1n) is 12.7. The molecule has 8 aromatic rings. The van der Waals surface area contributed by atoms with Crippen LogP contribution < -0.4 is 0 Å². The highest BCUT2D eigenvalue weighted by Gasteiger charge is 2.18. The van der Waals surface area contributed by atoms with Gasteiger partial charge in [0.25, 0.3) is 0 Å². The number of hydrogen-bond acceptors (Lipinski definition) is 3. The number of fused-ring (bicyclic) bond motifs is 6. The number of thiophene rings is 1. The molecule has 0 unspecified atom stereocenters. The van der Waals surface area contributed by atoms with Crippen molar-refractivity contribution < 1.29 is 0 Å². The largest absolute Gasteiger partial charge is 0.307 e. The number of hydrogen-bond donors (Lipinski definition) is 0. The van der Waals surface area contributed by atoms with Crippen LogP contribution in [-0.2, 0) is 0 Å². The summed E-state index contributed by atoms with van der Waals surface area (Å²) in [6.45, 7) is 0. The second-order valence-electron chi connectivity index (χ2n) is 9.50. The summed E-state index contributed by atoms with van der Waals surface area (Å²) >= 11 is 1.84. The van der Waals surface area contributed by atoms with E-state index >= 15 is 0 Å². The normalized spacial score (nSPS) is 11.7. The summed E-state index contributed by atoms with van der Waals surface area (Å²) < 4.78 is 4.94. The Kier molecular flexibility index (Phi) is 4.69. The first-order chi connectivity index (χ1) is 18.8. The number of rotatable bonds is 3. The molecule has 0 saturated heterocycles. The van der Waals surface area contributed by atoms with Gasteiger partial charge >= 0.3 is 0 Å². The van der Waals surface area contributed by atoms with Crippen LogP contribution in [0.5, 0.6) is 0 Å². The fraction of sp³-hybridized carbons (Fsp3) is 0. The van der Waals surface area contributed by atoms with Gasteiger partial charge in [0, 0.05) is 42.9 Å². The summed E-state index contributed by atoms with van der Waals surface area (Å²) in [5.74, 6) is 0. The Balaban J connectivity index is 1.48. The third-order valence-corrected chi connectivity index (χ3v) is 8.36. The minimum Gasteiger partial charge on any atom is -0.307 e. The molecule has 178 valence electrons. The highest BCUT2D eigenvalue weighted by Crippen LogP contribution is 2.40. The Bertz CT molecular complexity index is 2070. The quantitative estimate of drug-likeness (QED) is 0.240. The number of aromatic nitrogens is 3. The average molecular weight is 504 g/mol. The van der Waals surface area contributed by atoms with Gasteiger partial charge in [-0.05, 0) is 42.5 Å². The first-order valence-corrected chi connectivity index (χ1v) is 13.5. The van der Waals surface area contributed by atoms with E-state index in [-0.39, 0.29) is 0 Å². The molecule has 4 aromatic heterocycles. The SMILES string of the molecule is c1ccc(-c2cc(-n3c4cc5sc6ccccc6c5cc4c4ncccc43)cc(-c3ccccc3)n2)cc1. The van der Waals surface area contributed by atoms with Gasteiger partial charge < -0.3 is 4.57 Å². The number of benzene rings is 4. The van der Waals surface area contributed by atoms with E-state index in [1.807, 2.05) is 35.7 Å². The second-order valence-corrected chi connectivity index (χ2v) is 10.6. The zero-order chi connectivity index (χ0) is 25.1. The maximum Gasteiger partial charge on any atom is 0.0963 e. The van der Waals surface area contributed by atoms with Crippen molar-refractivity contribution in [3.63, 3.8) is 0 Å². The molecular weight excluding hydrogens is 482 g/mol. The molecule has 0 fully saturated rings. The Labute approximate surface area is 223 Å². The molecule has 0 aliphatic heterocycles. The van der Waals surface area contributed by atoms with Crippen molar-refractivity contribution in [3.05, 3.63) is 128 Å². The molecule has 8 rings (SSSR count). The summed E-state index contributed by atoms with van der Waals surface area (Å²) in [6.07, 6.45) is 1.89. The molecule has 3 nitrogen and oxygen atoms in total. The summed E-state index contributed by atoms with van der Waals surface area (Å²) in [5, 5.41) is 3.75. The lowest BCUT2D eigenvalue weighted by molar-refractivity contribution is 1.16. The summed E-state index contributed by atoms with van der Waals surface area (Å²) in [6, 6.07) is 42.7. The van der Waals surface area contributed by atoms with Gasteiger partial charge in [-0.25, -0.2) is 4.98 Å². The van der Waals surface area contributed by atoms with E-state index in [0.29, 0.717) is 0 Å². The van der Waals surface area contributed by atoms with Gasteiger partial charge in [-0.2, -0.15) is 0 Å². The third-order valence-electron chi connectivity index (χ3n) is 7.23. The molecule has 4 aromatic carbocycles. The predicted octanol–water partition coefficient (Wildman–Crippen LogP) is 9.28. The maximum absolute atomic E-state index is 5.10. The fourth-order valence-corrected chi connectivity index (χ4v) is 6.61. The Morgan fingerprint density at radius 2 is 1.21 bits per heavy atom. The van der Waals surface area contributed by atoms with E-state index in [1.54, 1.807) is 0 Å². The summed E-state index contributed by atoms with van der Waals surface area (Å²) in [4.78, 5) is 9.95. The zero-order valence-electron chi connectivity index (χ0n) is 20.4. The van der Waals surface area contributed by atoms with Crippen molar-refractivity contribution in [2.45, 2.75) is 0 Å². The van der Waals surface area contributed by atoms with Crippen molar-refractivity contribution in [2.75, 3.05) is 0 Å². The van der Waals surface area contributed by atoms with Gasteiger partial charge in [-0.1, -0.05) is 78.9 Å². The monoisotopic (exact) mass is 503 g/mol. The highest BCUT2D eigenvalue weighted by atomic mass is 32.1. The standard InChI is InChI=1S/C34H21N3S/c1-3-10-22(11-4-1)28-18-24(19-29(36-28)23-12-5-2-6-13-23)37-30-15-9-17-35-34(30)27-20-26-25-14-7-8-16-32(25)38-33(26)21-31(27)37/h1-21H. The second kappa shape index (κ2) is 8.37. The van der Waals surface area contributed by atoms with Crippen molar-refractivity contribution in [2.24, 2.45) is 0 Å². The van der Waals surface area contributed by atoms with Crippen molar-refractivity contribution in [1.29, 1.82) is 0 Å². The number of pyridine rings is 2. The van der Waals surface area contributed by atoms with Crippen LogP contribution in [-0.4, -0.2) is 14.5 Å². The minimum absolute atomic E-state index is 0.948. The number of nitrogens with zero attached hydrogens (tertiary/aromatic N) is 3. The topological polar surface area (TPSA) is 30.7 Å². The van der Waals surface area contributed by atoms with Gasteiger partial charge in [-0.3, -0.25) is 4.98 Å². The molecule has 0 aliphatic rings. The van der Waals surface area contributed by atoms with Crippen LogP contribution in [0.3, 0.4) is 0 Å². The van der Waals surface area contributed by atoms with Gasteiger partial charge in [0.15, 0.2) is 0 Å². The Hall–Kier alpha value is -4.80. The van der Waals surface area contributed by atoms with E-state index in [4.69, 9.17) is 9.97 Å². The predicted molar refractivity (Wildman–Crippen MR) is 160 cm³/mol. The van der Waals surface area contributed by atoms with Crippen LogP contribution in [0.1, 0.15) is 0 Å². The van der Waals surface area contributed by atoms with Gasteiger partial charge in [0.05, 0.1) is 33.6 Å². The Morgan fingerprint density at radius 3 is 1.95 bits per heavy atom. The van der Waals surface area contributed by atoms with Gasteiger partial charge in [-0.15, -0.1) is 11.3 Å². The van der Waals surface area contributed by atoms with Crippen molar-refractivity contribution in [1.82, 2.24) is 14.5 Å². The van der Waals surface area contributed by atoms with E-state index in [1.165, 1.54) is 20.2 Å². The van der Waals surface area contributed by atoms with E-state index < -0.39 is 0 Å². The highest BCUT2D eigenvalue weighted by molar-refractivity contribution is 7.25. The third kappa shape index (κ3) is 3.28. The molecule has 4 heteroatoms. The maximum atomic E-state index is 5.10. The zero-order valence-corrected chi connectivity index (χ0v) is 21.2. The molecule has 4 heterocycles. The van der Waals surface area contributed by atoms with Crippen LogP contribution in [0.15, 0.2) is 128 Å². The molecule has 0 bridgehead atoms. The average Bonchev–Trinajstić information content (AvgIpc) is 3.51. The molecular formula is C34H21N3S. The van der Waals surface area contributed by atoms with Gasteiger partial charge in [0.1, 0.15) is 0 Å². The van der Waals surface area contributed by atoms with Crippen molar-refractivity contribution >= 4 is 53.4 Å². The lowest BCUT2D eigenvalue weighted by atomic mass is 10.1. The smallest absolute Gasteiger partial charge is 0.0963 e. The van der Waals surface area contributed by atoms with E-state index in [9.17, 15) is 0 Å². The van der Waals surface area contributed by atoms with Crippen LogP contribution >= 0.6 is 11.3 Å². The van der Waals surface area contributed by atoms with E-state index in [2.05, 4.69) is 108 Å².